The second-order valence-corrected chi connectivity index (χ2v) is 23.9. The van der Waals surface area contributed by atoms with Gasteiger partial charge < -0.3 is 27.4 Å². The molecule has 11 nitrogen and oxygen atoms in total. The van der Waals surface area contributed by atoms with Crippen molar-refractivity contribution in [3.63, 3.8) is 0 Å². The van der Waals surface area contributed by atoms with Gasteiger partial charge in [0.2, 0.25) is 0 Å². The highest BCUT2D eigenvalue weighted by molar-refractivity contribution is 6.09. The van der Waals surface area contributed by atoms with E-state index in [0.29, 0.717) is 11.1 Å². The number of nitrogens with zero attached hydrogens (tertiary/aromatic N) is 8. The molecule has 0 atom stereocenters. The van der Waals surface area contributed by atoms with Crippen LogP contribution in [-0.4, -0.2) is 207 Å². The van der Waals surface area contributed by atoms with Crippen molar-refractivity contribution in [2.24, 2.45) is 0 Å². The maximum atomic E-state index is 13.7. The Morgan fingerprint density at radius 2 is 0.754 bits per heavy atom. The number of quaternary nitrogens is 4. The molecule has 0 spiro atoms. The first kappa shape index (κ1) is 45.9. The number of methoxy groups -OCH3 is 1. The Labute approximate surface area is 412 Å². The van der Waals surface area contributed by atoms with Crippen molar-refractivity contribution in [3.8, 4) is 17.2 Å². The summed E-state index contributed by atoms with van der Waals surface area (Å²) in [6, 6.07) is 26.0. The van der Waals surface area contributed by atoms with Crippen molar-refractivity contribution in [2.45, 2.75) is 52.4 Å². The SMILES string of the molecule is COc1ccc(C(=O)c2ccc(Oc3c(C[N+]45CCN(CC4)CC5)cc(C(C)(C)c4cc(C[N+]56CCN(CC5)CC6)c(C)c(C[N+]56CCN(CC5)CC6)c4)cc3C[N+]34CCN(CC3)CC4)cc2)cc1. The molecule has 12 aliphatic rings. The fourth-order valence-electron chi connectivity index (χ4n) is 14.2. The third kappa shape index (κ3) is 8.87. The lowest BCUT2D eigenvalue weighted by molar-refractivity contribution is -0.954. The number of piperazine rings is 12. The predicted molar refractivity (Wildman–Crippen MR) is 273 cm³/mol. The minimum absolute atomic E-state index is 0.00473. The number of rotatable bonds is 15. The second kappa shape index (κ2) is 17.8. The largest absolute Gasteiger partial charge is 0.497 e. The molecule has 0 amide bonds. The summed E-state index contributed by atoms with van der Waals surface area (Å²) in [5.41, 5.74) is 11.5. The Morgan fingerprint density at radius 1 is 0.464 bits per heavy atom. The van der Waals surface area contributed by atoms with Gasteiger partial charge in [0.25, 0.3) is 0 Å². The zero-order chi connectivity index (χ0) is 47.0. The molecule has 0 saturated carbocycles. The van der Waals surface area contributed by atoms with Gasteiger partial charge in [-0.2, -0.15) is 0 Å². The summed E-state index contributed by atoms with van der Waals surface area (Å²) in [4.78, 5) is 24.4. The fraction of sp³-hybridized carbons (Fsp3) is 0.569. The Kier molecular flexibility index (Phi) is 11.9. The zero-order valence-corrected chi connectivity index (χ0v) is 42.5. The van der Waals surface area contributed by atoms with Gasteiger partial charge in [-0.1, -0.05) is 13.8 Å². The monoisotopic (exact) mass is 937 g/mol. The zero-order valence-electron chi connectivity index (χ0n) is 42.5. The van der Waals surface area contributed by atoms with Gasteiger partial charge >= 0.3 is 0 Å². The molecule has 16 rings (SSSR count). The van der Waals surface area contributed by atoms with Crippen LogP contribution in [0.1, 0.15) is 68.7 Å². The number of ether oxygens (including phenoxy) is 2. The quantitative estimate of drug-likeness (QED) is 0.108. The van der Waals surface area contributed by atoms with Crippen molar-refractivity contribution in [2.75, 3.05) is 164 Å². The lowest BCUT2D eigenvalue weighted by Gasteiger charge is -2.51. The lowest BCUT2D eigenvalue weighted by Crippen LogP contribution is -2.67. The summed E-state index contributed by atoms with van der Waals surface area (Å²) in [6.45, 7) is 41.3. The van der Waals surface area contributed by atoms with Gasteiger partial charge in [0.1, 0.15) is 43.4 Å². The van der Waals surface area contributed by atoms with Gasteiger partial charge in [-0.15, -0.1) is 0 Å². The number of hydrogen-bond acceptors (Lipinski definition) is 7. The number of hydrogen-bond donors (Lipinski definition) is 0. The molecule has 12 fully saturated rings. The number of ketones is 1. The molecule has 0 aliphatic carbocycles. The minimum atomic E-state index is -0.231. The van der Waals surface area contributed by atoms with E-state index in [1.807, 2.05) is 48.5 Å². The van der Waals surface area contributed by atoms with E-state index in [1.165, 1.54) is 188 Å². The molecule has 69 heavy (non-hydrogen) atoms. The summed E-state index contributed by atoms with van der Waals surface area (Å²) < 4.78 is 17.5. The molecule has 4 aromatic carbocycles. The van der Waals surface area contributed by atoms with Gasteiger partial charge in [0.15, 0.2) is 5.78 Å². The molecule has 12 heterocycles. The summed E-state index contributed by atoms with van der Waals surface area (Å²) in [6.07, 6.45) is 0. The highest BCUT2D eigenvalue weighted by Crippen LogP contribution is 2.43. The molecule has 11 heteroatoms. The molecule has 12 saturated heterocycles. The van der Waals surface area contributed by atoms with E-state index in [9.17, 15) is 4.79 Å². The maximum Gasteiger partial charge on any atom is 0.193 e. The molecule has 0 N–H and O–H groups in total. The van der Waals surface area contributed by atoms with Crippen LogP contribution < -0.4 is 9.47 Å². The fourth-order valence-corrected chi connectivity index (χ4v) is 14.2. The van der Waals surface area contributed by atoms with E-state index in [4.69, 9.17) is 9.47 Å². The van der Waals surface area contributed by atoms with Gasteiger partial charge in [0, 0.05) is 117 Å². The predicted octanol–water partition coefficient (Wildman–Crippen LogP) is 5.94. The van der Waals surface area contributed by atoms with Crippen molar-refractivity contribution in [1.82, 2.24) is 19.6 Å². The average Bonchev–Trinajstić information content (AvgIpc) is 3.40. The van der Waals surface area contributed by atoms with Crippen LogP contribution in [0.4, 0.5) is 0 Å². The molecular weight excluding hydrogens is 857 g/mol. The lowest BCUT2D eigenvalue weighted by atomic mass is 9.75. The Bertz CT molecular complexity index is 2380. The van der Waals surface area contributed by atoms with E-state index in [0.717, 1.165) is 52.4 Å². The standard InChI is InChI=1S/C58H80N8O3/c1-45-48(41-63-25-13-59(14-26-63)15-27-63)37-52(38-49(45)42-64-28-16-60(17-29-64)18-30-64)58(2,3)53-39-50(43-65-31-19-61(20-32-65)21-33-65)57(51(40-53)44-66-34-22-62(23-35-66)24-36-66)69-55-11-7-47(8-12-55)56(67)46-5-9-54(68-4)10-6-46/h5-12,37-40H,13-36,41-44H2,1-4H3/q+4. The minimum Gasteiger partial charge on any atom is -0.497 e. The molecule has 0 unspecified atom stereocenters. The molecule has 0 radical (unpaired) electrons. The molecule has 4 aromatic rings. The van der Waals surface area contributed by atoms with Crippen molar-refractivity contribution in [1.29, 1.82) is 0 Å². The van der Waals surface area contributed by atoms with Gasteiger partial charge in [-0.3, -0.25) is 24.4 Å². The third-order valence-electron chi connectivity index (χ3n) is 19.7. The Hall–Kier alpha value is -4.17. The number of carbonyl (C=O) groups is 1. The Balaban J connectivity index is 0.960. The van der Waals surface area contributed by atoms with E-state index >= 15 is 0 Å². The van der Waals surface area contributed by atoms with E-state index in [1.54, 1.807) is 23.8 Å². The second-order valence-electron chi connectivity index (χ2n) is 23.9. The third-order valence-corrected chi connectivity index (χ3v) is 19.7. The molecule has 8 bridgehead atoms. The van der Waals surface area contributed by atoms with Gasteiger partial charge in [-0.25, -0.2) is 0 Å². The van der Waals surface area contributed by atoms with Gasteiger partial charge in [-0.05, 0) is 96.4 Å². The summed E-state index contributed by atoms with van der Waals surface area (Å²) in [5.74, 6) is 2.62. The topological polar surface area (TPSA) is 48.5 Å². The van der Waals surface area contributed by atoms with E-state index < -0.39 is 0 Å². The van der Waals surface area contributed by atoms with Crippen molar-refractivity contribution in [3.05, 3.63) is 123 Å². The Morgan fingerprint density at radius 3 is 1.07 bits per heavy atom. The molecule has 12 aliphatic heterocycles. The normalized spacial score (nSPS) is 32.3. The first-order valence-electron chi connectivity index (χ1n) is 26.9. The van der Waals surface area contributed by atoms with Crippen LogP contribution in [0.2, 0.25) is 0 Å². The van der Waals surface area contributed by atoms with Gasteiger partial charge in [0.05, 0.1) is 85.6 Å². The van der Waals surface area contributed by atoms with Crippen molar-refractivity contribution < 1.29 is 32.2 Å². The summed E-state index contributed by atoms with van der Waals surface area (Å²) >= 11 is 0. The summed E-state index contributed by atoms with van der Waals surface area (Å²) in [5, 5.41) is 0. The smallest absolute Gasteiger partial charge is 0.193 e. The number of benzene rings is 4. The maximum absolute atomic E-state index is 13.7. The highest BCUT2D eigenvalue weighted by atomic mass is 16.5. The van der Waals surface area contributed by atoms with Crippen LogP contribution in [0.25, 0.3) is 0 Å². The summed E-state index contributed by atoms with van der Waals surface area (Å²) in [7, 11) is 1.65. The van der Waals surface area contributed by atoms with Crippen LogP contribution in [-0.2, 0) is 31.6 Å². The molecule has 366 valence electrons. The van der Waals surface area contributed by atoms with Crippen LogP contribution in [0, 0.1) is 6.92 Å². The van der Waals surface area contributed by atoms with E-state index in [-0.39, 0.29) is 11.2 Å². The number of carbonyl (C=O) groups excluding carboxylic acids is 1. The van der Waals surface area contributed by atoms with Crippen LogP contribution >= 0.6 is 0 Å². The average molecular weight is 937 g/mol. The van der Waals surface area contributed by atoms with Crippen LogP contribution in [0.15, 0.2) is 72.8 Å². The first-order chi connectivity index (χ1) is 33.4. The van der Waals surface area contributed by atoms with Crippen molar-refractivity contribution >= 4 is 5.78 Å². The molecular formula is C58H80N8O3+4. The molecule has 0 aromatic heterocycles. The highest BCUT2D eigenvalue weighted by Gasteiger charge is 2.45. The number of fused-ring (bicyclic) bond motifs is 12. The first-order valence-corrected chi connectivity index (χ1v) is 26.9. The van der Waals surface area contributed by atoms with E-state index in [2.05, 4.69) is 64.6 Å². The van der Waals surface area contributed by atoms with Crippen LogP contribution in [0.5, 0.6) is 17.2 Å². The van der Waals surface area contributed by atoms with Crippen LogP contribution in [0.3, 0.4) is 0 Å².